The minimum Gasteiger partial charge on any atom is -0.355 e. The van der Waals surface area contributed by atoms with E-state index in [-0.39, 0.29) is 16.3 Å². The molecule has 0 radical (unpaired) electrons. The Labute approximate surface area is 240 Å². The van der Waals surface area contributed by atoms with E-state index in [1.54, 1.807) is 35.8 Å². The van der Waals surface area contributed by atoms with E-state index in [1.165, 1.54) is 6.07 Å². The summed E-state index contributed by atoms with van der Waals surface area (Å²) in [6.45, 7) is 3.57. The van der Waals surface area contributed by atoms with Gasteiger partial charge in [-0.1, -0.05) is 23.6 Å². The first-order valence-corrected chi connectivity index (χ1v) is 13.4. The molecule has 212 valence electrons. The van der Waals surface area contributed by atoms with Crippen molar-refractivity contribution in [2.24, 2.45) is 0 Å². The van der Waals surface area contributed by atoms with Gasteiger partial charge in [0.15, 0.2) is 5.65 Å². The van der Waals surface area contributed by atoms with Gasteiger partial charge in [-0.2, -0.15) is 13.2 Å². The van der Waals surface area contributed by atoms with Crippen LogP contribution in [0.25, 0.3) is 5.65 Å². The third kappa shape index (κ3) is 6.32. The molecule has 0 aliphatic carbocycles. The highest BCUT2D eigenvalue weighted by atomic mass is 35.5. The van der Waals surface area contributed by atoms with Gasteiger partial charge in [-0.25, -0.2) is 9.50 Å². The zero-order valence-electron chi connectivity index (χ0n) is 22.8. The van der Waals surface area contributed by atoms with Gasteiger partial charge in [-0.15, -0.1) is 5.10 Å². The first kappa shape index (κ1) is 28.5. The van der Waals surface area contributed by atoms with Crippen molar-refractivity contribution in [2.45, 2.75) is 32.0 Å². The average Bonchev–Trinajstić information content (AvgIpc) is 3.34. The average molecular weight is 581 g/mol. The van der Waals surface area contributed by atoms with E-state index < -0.39 is 17.6 Å². The number of carbonyl (C=O) groups is 1. The van der Waals surface area contributed by atoms with Crippen molar-refractivity contribution in [3.63, 3.8) is 0 Å². The number of aromatic nitrogens is 3. The van der Waals surface area contributed by atoms with Gasteiger partial charge in [0, 0.05) is 41.0 Å². The smallest absolute Gasteiger partial charge is 0.355 e. The highest BCUT2D eigenvalue weighted by Gasteiger charge is 2.31. The lowest BCUT2D eigenvalue weighted by Crippen LogP contribution is -2.42. The first-order valence-electron chi connectivity index (χ1n) is 13.1. The lowest BCUT2D eigenvalue weighted by Gasteiger charge is -2.35. The van der Waals surface area contributed by atoms with Crippen LogP contribution in [-0.2, 0) is 6.18 Å². The summed E-state index contributed by atoms with van der Waals surface area (Å²) < 4.78 is 41.3. The highest BCUT2D eigenvalue weighted by molar-refractivity contribution is 6.31. The van der Waals surface area contributed by atoms with Crippen molar-refractivity contribution >= 4 is 34.7 Å². The number of amides is 1. The van der Waals surface area contributed by atoms with Gasteiger partial charge in [0.25, 0.3) is 5.91 Å². The van der Waals surface area contributed by atoms with E-state index in [1.807, 2.05) is 12.1 Å². The first-order chi connectivity index (χ1) is 19.5. The number of piperidine rings is 1. The Hall–Kier alpha value is -4.07. The second-order valence-corrected chi connectivity index (χ2v) is 10.6. The molecule has 7 nitrogen and oxygen atoms in total. The number of carbonyl (C=O) groups excluding carboxylic acids is 1. The number of alkyl halides is 3. The molecule has 0 saturated carbocycles. The molecule has 2 aromatic heterocycles. The van der Waals surface area contributed by atoms with Crippen LogP contribution in [0.2, 0.25) is 5.02 Å². The fraction of sp³-hybridized carbons (Fsp3) is 0.300. The lowest BCUT2D eigenvalue weighted by atomic mass is 10.0. The minimum atomic E-state index is -4.59. The maximum Gasteiger partial charge on any atom is 0.416 e. The Morgan fingerprint density at radius 2 is 1.85 bits per heavy atom. The number of anilines is 2. The van der Waals surface area contributed by atoms with Crippen LogP contribution < -0.4 is 10.2 Å². The second-order valence-electron chi connectivity index (χ2n) is 10.2. The van der Waals surface area contributed by atoms with Crippen LogP contribution in [0.4, 0.5) is 24.7 Å². The van der Waals surface area contributed by atoms with Crippen molar-refractivity contribution in [1.29, 1.82) is 0 Å². The van der Waals surface area contributed by atoms with Gasteiger partial charge in [0.05, 0.1) is 11.8 Å². The standard InChI is InChI=1S/C30H28ClF3N6O/c1-19-20(5-4-6-26(19)29(41)36-23-16-21(30(32,33)34)15-22(31)17-23)7-8-25-18-35-27-9-10-28(37-40(25)27)39-13-11-24(12-14-39)38(2)3/h4-6,9-10,15-18,24H,11-14H2,1-3H3,(H,36,41). The number of halogens is 4. The summed E-state index contributed by atoms with van der Waals surface area (Å²) in [5.41, 5.74) is 1.73. The summed E-state index contributed by atoms with van der Waals surface area (Å²) in [6.07, 6.45) is -0.812. The van der Waals surface area contributed by atoms with Crippen molar-refractivity contribution in [3.8, 4) is 11.8 Å². The lowest BCUT2D eigenvalue weighted by molar-refractivity contribution is -0.137. The fourth-order valence-corrected chi connectivity index (χ4v) is 5.14. The van der Waals surface area contributed by atoms with Crippen molar-refractivity contribution < 1.29 is 18.0 Å². The molecule has 41 heavy (non-hydrogen) atoms. The summed E-state index contributed by atoms with van der Waals surface area (Å²) >= 11 is 5.86. The van der Waals surface area contributed by atoms with Gasteiger partial charge >= 0.3 is 6.18 Å². The van der Waals surface area contributed by atoms with Gasteiger partial charge < -0.3 is 15.1 Å². The molecule has 0 bridgehead atoms. The molecule has 5 rings (SSSR count). The molecule has 1 saturated heterocycles. The second kappa shape index (κ2) is 11.4. The quantitative estimate of drug-likeness (QED) is 0.305. The van der Waals surface area contributed by atoms with Gasteiger partial charge in [0.2, 0.25) is 0 Å². The number of nitrogens with zero attached hydrogens (tertiary/aromatic N) is 5. The van der Waals surface area contributed by atoms with E-state index in [0.29, 0.717) is 28.5 Å². The van der Waals surface area contributed by atoms with E-state index in [4.69, 9.17) is 16.7 Å². The number of hydrogen-bond acceptors (Lipinski definition) is 5. The molecular weight excluding hydrogens is 553 g/mol. The van der Waals surface area contributed by atoms with Crippen molar-refractivity contribution in [2.75, 3.05) is 37.4 Å². The zero-order chi connectivity index (χ0) is 29.3. The molecule has 1 fully saturated rings. The third-order valence-corrected chi connectivity index (χ3v) is 7.47. The molecule has 2 aromatic carbocycles. The van der Waals surface area contributed by atoms with Crippen LogP contribution in [0.3, 0.4) is 0 Å². The number of benzene rings is 2. The summed E-state index contributed by atoms with van der Waals surface area (Å²) in [6, 6.07) is 12.4. The predicted octanol–water partition coefficient (Wildman–Crippen LogP) is 5.89. The highest BCUT2D eigenvalue weighted by Crippen LogP contribution is 2.33. The number of rotatable bonds is 4. The maximum atomic E-state index is 13.2. The molecule has 3 heterocycles. The maximum absolute atomic E-state index is 13.2. The summed E-state index contributed by atoms with van der Waals surface area (Å²) in [4.78, 5) is 21.9. The number of fused-ring (bicyclic) bond motifs is 1. The Bertz CT molecular complexity index is 1660. The number of hydrogen-bond donors (Lipinski definition) is 1. The van der Waals surface area contributed by atoms with Crippen LogP contribution in [-0.4, -0.2) is 58.6 Å². The normalized spacial score (nSPS) is 14.3. The Balaban J connectivity index is 1.37. The SMILES string of the molecule is Cc1c(C#Cc2cnc3ccc(N4CCC(N(C)C)CC4)nn23)cccc1C(=O)Nc1cc(Cl)cc(C(F)(F)F)c1. The topological polar surface area (TPSA) is 65.8 Å². The minimum absolute atomic E-state index is 0.0516. The Kier molecular flexibility index (Phi) is 7.93. The third-order valence-electron chi connectivity index (χ3n) is 7.25. The van der Waals surface area contributed by atoms with Crippen LogP contribution in [0, 0.1) is 18.8 Å². The summed E-state index contributed by atoms with van der Waals surface area (Å²) in [7, 11) is 4.22. The molecule has 1 N–H and O–H groups in total. The molecule has 0 unspecified atom stereocenters. The van der Waals surface area contributed by atoms with E-state index >= 15 is 0 Å². The van der Waals surface area contributed by atoms with E-state index in [0.717, 1.165) is 43.9 Å². The van der Waals surface area contributed by atoms with Gasteiger partial charge in [-0.05, 0) is 87.8 Å². The molecule has 0 atom stereocenters. The Morgan fingerprint density at radius 3 is 2.56 bits per heavy atom. The molecule has 1 amide bonds. The van der Waals surface area contributed by atoms with Crippen molar-refractivity contribution in [1.82, 2.24) is 19.5 Å². The van der Waals surface area contributed by atoms with Crippen LogP contribution in [0.5, 0.6) is 0 Å². The largest absolute Gasteiger partial charge is 0.416 e. The van der Waals surface area contributed by atoms with Crippen LogP contribution >= 0.6 is 11.6 Å². The molecular formula is C30H28ClF3N6O. The summed E-state index contributed by atoms with van der Waals surface area (Å²) in [5.74, 6) is 6.51. The molecule has 11 heteroatoms. The monoisotopic (exact) mass is 580 g/mol. The van der Waals surface area contributed by atoms with Gasteiger partial charge in [0.1, 0.15) is 11.5 Å². The summed E-state index contributed by atoms with van der Waals surface area (Å²) in [5, 5.41) is 7.18. The number of nitrogens with one attached hydrogen (secondary N) is 1. The van der Waals surface area contributed by atoms with Crippen molar-refractivity contribution in [3.05, 3.63) is 87.7 Å². The zero-order valence-corrected chi connectivity index (χ0v) is 23.5. The fourth-order valence-electron chi connectivity index (χ4n) is 4.90. The van der Waals surface area contributed by atoms with E-state index in [9.17, 15) is 18.0 Å². The van der Waals surface area contributed by atoms with Crippen LogP contribution in [0.15, 0.2) is 54.7 Å². The number of imidazole rings is 1. The molecule has 0 spiro atoms. The van der Waals surface area contributed by atoms with Crippen LogP contribution in [0.1, 0.15) is 45.6 Å². The Morgan fingerprint density at radius 1 is 1.10 bits per heavy atom. The van der Waals surface area contributed by atoms with Gasteiger partial charge in [-0.3, -0.25) is 4.79 Å². The molecule has 4 aromatic rings. The van der Waals surface area contributed by atoms with E-state index in [2.05, 4.69) is 46.0 Å². The predicted molar refractivity (Wildman–Crippen MR) is 153 cm³/mol. The molecule has 1 aliphatic heterocycles. The molecule has 1 aliphatic rings.